The number of hydrogen-bond donors (Lipinski definition) is 0. The first kappa shape index (κ1) is 9.19. The second kappa shape index (κ2) is 3.78. The Hall–Kier alpha value is -0.380. The van der Waals surface area contributed by atoms with E-state index in [1.807, 2.05) is 17.5 Å². The monoisotopic (exact) mass is 273 g/mol. The van der Waals surface area contributed by atoms with E-state index in [0.29, 0.717) is 5.02 Å². The van der Waals surface area contributed by atoms with Gasteiger partial charge in [0.05, 0.1) is 10.6 Å². The molecule has 0 bridgehead atoms. The molecule has 2 aromatic heterocycles. The maximum atomic E-state index is 5.86. The van der Waals surface area contributed by atoms with Crippen molar-refractivity contribution in [1.29, 1.82) is 0 Å². The lowest BCUT2D eigenvalue weighted by Crippen LogP contribution is -1.78. The fourth-order valence-corrected chi connectivity index (χ4v) is 2.71. The predicted molar refractivity (Wildman–Crippen MR) is 60.3 cm³/mol. The molecule has 0 amide bonds. The third-order valence-electron chi connectivity index (χ3n) is 1.57. The first-order valence-corrected chi connectivity index (χ1v) is 5.67. The van der Waals surface area contributed by atoms with E-state index in [1.54, 1.807) is 23.6 Å². The molecule has 0 aromatic carbocycles. The van der Waals surface area contributed by atoms with Crippen molar-refractivity contribution in [3.8, 4) is 10.6 Å². The number of aromatic nitrogens is 1. The summed E-state index contributed by atoms with van der Waals surface area (Å²) in [7, 11) is 0. The summed E-state index contributed by atoms with van der Waals surface area (Å²) in [6, 6.07) is 5.63. The van der Waals surface area contributed by atoms with Gasteiger partial charge in [0, 0.05) is 15.7 Å². The normalized spacial score (nSPS) is 10.3. The number of rotatable bonds is 1. The van der Waals surface area contributed by atoms with E-state index >= 15 is 0 Å². The average Bonchev–Trinajstić information content (AvgIpc) is 2.51. The van der Waals surface area contributed by atoms with Crippen molar-refractivity contribution in [2.45, 2.75) is 0 Å². The van der Waals surface area contributed by atoms with Crippen LogP contribution < -0.4 is 0 Å². The molecular formula is C9H5BrClNS. The highest BCUT2D eigenvalue weighted by Crippen LogP contribution is 2.32. The van der Waals surface area contributed by atoms with Crippen molar-refractivity contribution in [3.05, 3.63) is 39.3 Å². The first-order chi connectivity index (χ1) is 6.27. The molecule has 0 saturated heterocycles. The lowest BCUT2D eigenvalue weighted by atomic mass is 10.3. The number of halogens is 2. The Balaban J connectivity index is 2.53. The Bertz CT molecular complexity index is 427. The van der Waals surface area contributed by atoms with Gasteiger partial charge in [-0.25, -0.2) is 0 Å². The van der Waals surface area contributed by atoms with Crippen LogP contribution in [-0.2, 0) is 0 Å². The second-order valence-corrected chi connectivity index (χ2v) is 4.66. The molecule has 2 rings (SSSR count). The molecular weight excluding hydrogens is 270 g/mol. The molecule has 0 atom stereocenters. The number of thiophene rings is 1. The minimum Gasteiger partial charge on any atom is -0.255 e. The molecule has 0 radical (unpaired) electrons. The third kappa shape index (κ3) is 1.93. The van der Waals surface area contributed by atoms with Gasteiger partial charge in [-0.15, -0.1) is 11.3 Å². The molecule has 13 heavy (non-hydrogen) atoms. The molecule has 66 valence electrons. The van der Waals surface area contributed by atoms with E-state index in [4.69, 9.17) is 11.6 Å². The Morgan fingerprint density at radius 2 is 2.23 bits per heavy atom. The highest BCUT2D eigenvalue weighted by atomic mass is 79.9. The minimum atomic E-state index is 0.713. The van der Waals surface area contributed by atoms with E-state index in [2.05, 4.69) is 20.9 Å². The first-order valence-electron chi connectivity index (χ1n) is 3.62. The molecule has 0 saturated carbocycles. The van der Waals surface area contributed by atoms with Gasteiger partial charge in [-0.1, -0.05) is 11.6 Å². The molecule has 0 spiro atoms. The Morgan fingerprint density at radius 3 is 2.85 bits per heavy atom. The number of hydrogen-bond acceptors (Lipinski definition) is 2. The Labute approximate surface area is 93.5 Å². The molecule has 2 heterocycles. The van der Waals surface area contributed by atoms with Crippen LogP contribution in [0, 0.1) is 0 Å². The smallest absolute Gasteiger partial charge is 0.0827 e. The van der Waals surface area contributed by atoms with Gasteiger partial charge in [-0.05, 0) is 39.5 Å². The lowest BCUT2D eigenvalue weighted by molar-refractivity contribution is 1.34. The Morgan fingerprint density at radius 1 is 1.38 bits per heavy atom. The van der Waals surface area contributed by atoms with Crippen LogP contribution in [0.1, 0.15) is 0 Å². The fraction of sp³-hybridized carbons (Fsp3) is 0. The number of pyridine rings is 1. The van der Waals surface area contributed by atoms with Gasteiger partial charge in [0.25, 0.3) is 0 Å². The highest BCUT2D eigenvalue weighted by molar-refractivity contribution is 9.10. The minimum absolute atomic E-state index is 0.713. The van der Waals surface area contributed by atoms with Gasteiger partial charge in [0.1, 0.15) is 0 Å². The van der Waals surface area contributed by atoms with Gasteiger partial charge in [0.2, 0.25) is 0 Å². The second-order valence-electron chi connectivity index (χ2n) is 2.46. The van der Waals surface area contributed by atoms with Crippen molar-refractivity contribution < 1.29 is 0 Å². The van der Waals surface area contributed by atoms with Crippen LogP contribution >= 0.6 is 38.9 Å². The van der Waals surface area contributed by atoms with Crippen molar-refractivity contribution in [2.75, 3.05) is 0 Å². The SMILES string of the molecule is Clc1ccnc(-c2sccc2Br)c1. The quantitative estimate of drug-likeness (QED) is 0.758. The maximum absolute atomic E-state index is 5.86. The largest absolute Gasteiger partial charge is 0.255 e. The molecule has 0 aliphatic carbocycles. The molecule has 4 heteroatoms. The van der Waals surface area contributed by atoms with Gasteiger partial charge < -0.3 is 0 Å². The molecule has 0 unspecified atom stereocenters. The summed E-state index contributed by atoms with van der Waals surface area (Å²) in [5, 5.41) is 2.73. The van der Waals surface area contributed by atoms with E-state index in [1.165, 1.54) is 0 Å². The van der Waals surface area contributed by atoms with Crippen LogP contribution in [0.4, 0.5) is 0 Å². The van der Waals surface area contributed by atoms with E-state index in [0.717, 1.165) is 15.0 Å². The average molecular weight is 275 g/mol. The van der Waals surface area contributed by atoms with Crippen molar-refractivity contribution >= 4 is 38.9 Å². The van der Waals surface area contributed by atoms with Gasteiger partial charge in [-0.3, -0.25) is 4.98 Å². The lowest BCUT2D eigenvalue weighted by Gasteiger charge is -1.97. The summed E-state index contributed by atoms with van der Waals surface area (Å²) in [4.78, 5) is 5.35. The molecule has 2 aromatic rings. The zero-order valence-corrected chi connectivity index (χ0v) is 9.66. The summed E-state index contributed by atoms with van der Waals surface area (Å²) >= 11 is 11.0. The molecule has 0 N–H and O–H groups in total. The van der Waals surface area contributed by atoms with Gasteiger partial charge >= 0.3 is 0 Å². The van der Waals surface area contributed by atoms with Crippen LogP contribution in [0.5, 0.6) is 0 Å². The summed E-state index contributed by atoms with van der Waals surface area (Å²) in [6.07, 6.45) is 1.71. The maximum Gasteiger partial charge on any atom is 0.0827 e. The van der Waals surface area contributed by atoms with Gasteiger partial charge in [-0.2, -0.15) is 0 Å². The fourth-order valence-electron chi connectivity index (χ4n) is 1.01. The molecule has 0 aliphatic rings. The predicted octanol–water partition coefficient (Wildman–Crippen LogP) is 4.23. The summed E-state index contributed by atoms with van der Waals surface area (Å²) in [6.45, 7) is 0. The van der Waals surface area contributed by atoms with Crippen LogP contribution in [0.3, 0.4) is 0 Å². The highest BCUT2D eigenvalue weighted by Gasteiger charge is 2.05. The standard InChI is InChI=1S/C9H5BrClNS/c10-7-2-4-13-9(7)8-5-6(11)1-3-12-8/h1-5H. The molecule has 0 aliphatic heterocycles. The van der Waals surface area contributed by atoms with Crippen molar-refractivity contribution in [1.82, 2.24) is 4.98 Å². The molecule has 1 nitrogen and oxygen atoms in total. The Kier molecular flexibility index (Phi) is 2.67. The molecule has 0 fully saturated rings. The van der Waals surface area contributed by atoms with Crippen LogP contribution in [0.15, 0.2) is 34.2 Å². The number of nitrogens with zero attached hydrogens (tertiary/aromatic N) is 1. The van der Waals surface area contributed by atoms with Crippen LogP contribution in [0.25, 0.3) is 10.6 Å². The summed E-state index contributed by atoms with van der Waals surface area (Å²) in [5.74, 6) is 0. The van der Waals surface area contributed by atoms with E-state index < -0.39 is 0 Å². The topological polar surface area (TPSA) is 12.9 Å². The van der Waals surface area contributed by atoms with E-state index in [-0.39, 0.29) is 0 Å². The van der Waals surface area contributed by atoms with Gasteiger partial charge in [0.15, 0.2) is 0 Å². The summed E-state index contributed by atoms with van der Waals surface area (Å²) in [5.41, 5.74) is 0.911. The third-order valence-corrected chi connectivity index (χ3v) is 3.67. The van der Waals surface area contributed by atoms with Crippen LogP contribution in [-0.4, -0.2) is 4.98 Å². The van der Waals surface area contributed by atoms with Crippen molar-refractivity contribution in [2.24, 2.45) is 0 Å². The van der Waals surface area contributed by atoms with Crippen LogP contribution in [0.2, 0.25) is 5.02 Å². The van der Waals surface area contributed by atoms with E-state index in [9.17, 15) is 0 Å². The summed E-state index contributed by atoms with van der Waals surface area (Å²) < 4.78 is 1.06. The zero-order chi connectivity index (χ0) is 9.26. The zero-order valence-electron chi connectivity index (χ0n) is 6.50. The van der Waals surface area contributed by atoms with Crippen molar-refractivity contribution in [3.63, 3.8) is 0 Å².